The molecule has 0 bridgehead atoms. The maximum absolute atomic E-state index is 12.6. The minimum atomic E-state index is -4.29. The quantitative estimate of drug-likeness (QED) is 0.0208. The average Bonchev–Trinajstić information content (AvgIpc) is 3.13. The molecule has 0 saturated carbocycles. The first kappa shape index (κ1) is 50.8. The molecule has 0 aliphatic carbocycles. The van der Waals surface area contributed by atoms with Crippen molar-refractivity contribution in [1.82, 2.24) is 0 Å². The number of rotatable bonds is 42. The fourth-order valence-corrected chi connectivity index (χ4v) is 6.96. The highest BCUT2D eigenvalue weighted by atomic mass is 31.2. The Balaban J connectivity index is 4.05. The second-order valence-corrected chi connectivity index (χ2v) is 16.1. The lowest BCUT2D eigenvalue weighted by molar-refractivity contribution is -0.153. The molecule has 8 nitrogen and oxygen atoms in total. The highest BCUT2D eigenvalue weighted by molar-refractivity contribution is 7.47. The van der Waals surface area contributed by atoms with E-state index in [1.54, 1.807) is 6.26 Å². The fraction of sp³-hybridized carbons (Fsp3) is 0.884. The number of ether oxygens (including phenoxy) is 2. The Kier molecular flexibility index (Phi) is 40.1. The van der Waals surface area contributed by atoms with Crippen molar-refractivity contribution < 1.29 is 32.8 Å². The molecule has 0 saturated heterocycles. The number of phosphoric ester groups is 1. The molecule has 2 atom stereocenters. The van der Waals surface area contributed by atoms with Gasteiger partial charge in [0.1, 0.15) is 6.61 Å². The molecule has 0 aromatic rings. The number of nitrogens with two attached hydrogens (primary N) is 1. The van der Waals surface area contributed by atoms with E-state index in [1.165, 1.54) is 161 Å². The van der Waals surface area contributed by atoms with E-state index in [0.29, 0.717) is 6.42 Å². The van der Waals surface area contributed by atoms with Crippen molar-refractivity contribution in [3.63, 3.8) is 0 Å². The predicted molar refractivity (Wildman–Crippen MR) is 219 cm³/mol. The van der Waals surface area contributed by atoms with Crippen molar-refractivity contribution in [2.75, 3.05) is 26.4 Å². The van der Waals surface area contributed by atoms with Gasteiger partial charge in [0.2, 0.25) is 0 Å². The number of hydrogen-bond acceptors (Lipinski definition) is 7. The molecule has 0 radical (unpaired) electrons. The van der Waals surface area contributed by atoms with Crippen molar-refractivity contribution in [3.05, 3.63) is 24.5 Å². The highest BCUT2D eigenvalue weighted by Gasteiger charge is 2.25. The van der Waals surface area contributed by atoms with E-state index in [1.807, 2.05) is 6.08 Å². The molecule has 0 fully saturated rings. The minimum absolute atomic E-state index is 0.0339. The zero-order valence-corrected chi connectivity index (χ0v) is 35.0. The van der Waals surface area contributed by atoms with Gasteiger partial charge in [-0.25, -0.2) is 4.57 Å². The Labute approximate surface area is 321 Å². The van der Waals surface area contributed by atoms with Crippen LogP contribution in [0.15, 0.2) is 24.5 Å². The monoisotopic (exact) mass is 758 g/mol. The number of allylic oxidation sites excluding steroid dienone is 3. The summed E-state index contributed by atoms with van der Waals surface area (Å²) in [6.07, 6.45) is 45.7. The Bertz CT molecular complexity index is 853. The van der Waals surface area contributed by atoms with E-state index in [-0.39, 0.29) is 32.3 Å². The summed E-state index contributed by atoms with van der Waals surface area (Å²) in [5, 5.41) is 0. The number of carbonyl (C=O) groups is 1. The minimum Gasteiger partial charge on any atom is -0.498 e. The summed E-state index contributed by atoms with van der Waals surface area (Å²) in [6.45, 7) is 4.25. The molecule has 308 valence electrons. The molecule has 9 heteroatoms. The van der Waals surface area contributed by atoms with E-state index < -0.39 is 13.9 Å². The normalized spacial score (nSPS) is 13.6. The lowest BCUT2D eigenvalue weighted by Crippen LogP contribution is -2.27. The first-order valence-corrected chi connectivity index (χ1v) is 23.4. The zero-order valence-electron chi connectivity index (χ0n) is 34.1. The summed E-state index contributed by atoms with van der Waals surface area (Å²) >= 11 is 0. The van der Waals surface area contributed by atoms with Crippen molar-refractivity contribution >= 4 is 13.8 Å². The number of phosphoric acid groups is 1. The van der Waals surface area contributed by atoms with Crippen LogP contribution in [-0.2, 0) is 27.9 Å². The molecule has 0 aromatic carbocycles. The molecular formula is C43H84NO7P. The van der Waals surface area contributed by atoms with Gasteiger partial charge in [-0.05, 0) is 51.0 Å². The molecule has 0 aliphatic rings. The van der Waals surface area contributed by atoms with E-state index in [0.717, 1.165) is 32.1 Å². The summed E-state index contributed by atoms with van der Waals surface area (Å²) in [6, 6.07) is 0. The lowest BCUT2D eigenvalue weighted by atomic mass is 10.0. The van der Waals surface area contributed by atoms with Crippen molar-refractivity contribution in [1.29, 1.82) is 0 Å². The second kappa shape index (κ2) is 41.0. The highest BCUT2D eigenvalue weighted by Crippen LogP contribution is 2.43. The van der Waals surface area contributed by atoms with Crippen LogP contribution in [0.2, 0.25) is 0 Å². The summed E-state index contributed by atoms with van der Waals surface area (Å²) in [5.41, 5.74) is 5.36. The van der Waals surface area contributed by atoms with E-state index in [4.69, 9.17) is 24.3 Å². The number of unbranched alkanes of at least 4 members (excludes halogenated alkanes) is 27. The maximum Gasteiger partial charge on any atom is 0.472 e. The first-order chi connectivity index (χ1) is 25.4. The Morgan fingerprint density at radius 1 is 0.577 bits per heavy atom. The third kappa shape index (κ3) is 40.0. The van der Waals surface area contributed by atoms with E-state index in [9.17, 15) is 14.3 Å². The third-order valence-electron chi connectivity index (χ3n) is 9.44. The smallest absolute Gasteiger partial charge is 0.472 e. The molecule has 0 aromatic heterocycles. The van der Waals surface area contributed by atoms with Gasteiger partial charge in [0.05, 0.1) is 19.5 Å². The molecule has 0 rings (SSSR count). The molecule has 3 N–H and O–H groups in total. The van der Waals surface area contributed by atoms with Crippen LogP contribution in [0.25, 0.3) is 0 Å². The van der Waals surface area contributed by atoms with Gasteiger partial charge in [0.25, 0.3) is 0 Å². The van der Waals surface area contributed by atoms with Gasteiger partial charge in [-0.15, -0.1) is 0 Å². The van der Waals surface area contributed by atoms with Gasteiger partial charge in [0.15, 0.2) is 6.10 Å². The van der Waals surface area contributed by atoms with Crippen LogP contribution in [0, 0.1) is 0 Å². The summed E-state index contributed by atoms with van der Waals surface area (Å²) in [4.78, 5) is 22.4. The van der Waals surface area contributed by atoms with Crippen molar-refractivity contribution in [3.8, 4) is 0 Å². The molecule has 0 spiro atoms. The van der Waals surface area contributed by atoms with Gasteiger partial charge in [-0.3, -0.25) is 13.8 Å². The van der Waals surface area contributed by atoms with E-state index >= 15 is 0 Å². The van der Waals surface area contributed by atoms with Crippen LogP contribution in [0.5, 0.6) is 0 Å². The van der Waals surface area contributed by atoms with Crippen LogP contribution in [0.4, 0.5) is 0 Å². The summed E-state index contributed by atoms with van der Waals surface area (Å²) in [7, 11) is -4.29. The number of hydrogen-bond donors (Lipinski definition) is 2. The maximum atomic E-state index is 12.6. The first-order valence-electron chi connectivity index (χ1n) is 21.9. The average molecular weight is 758 g/mol. The van der Waals surface area contributed by atoms with Crippen LogP contribution in [0.3, 0.4) is 0 Å². The third-order valence-corrected chi connectivity index (χ3v) is 10.4. The zero-order chi connectivity index (χ0) is 38.1. The Morgan fingerprint density at radius 2 is 0.981 bits per heavy atom. The van der Waals surface area contributed by atoms with Gasteiger partial charge in [-0.1, -0.05) is 174 Å². The number of esters is 1. The Morgan fingerprint density at radius 3 is 1.44 bits per heavy atom. The predicted octanol–water partition coefficient (Wildman–Crippen LogP) is 13.2. The second-order valence-electron chi connectivity index (χ2n) is 14.6. The van der Waals surface area contributed by atoms with E-state index in [2.05, 4.69) is 26.0 Å². The summed E-state index contributed by atoms with van der Waals surface area (Å²) in [5.74, 6) is -0.355. The van der Waals surface area contributed by atoms with Gasteiger partial charge in [-0.2, -0.15) is 0 Å². The van der Waals surface area contributed by atoms with Gasteiger partial charge < -0.3 is 20.1 Å². The van der Waals surface area contributed by atoms with Gasteiger partial charge in [0, 0.05) is 13.0 Å². The molecule has 52 heavy (non-hydrogen) atoms. The molecule has 0 amide bonds. The number of carbonyl (C=O) groups excluding carboxylic acids is 1. The molecular weight excluding hydrogens is 673 g/mol. The topological polar surface area (TPSA) is 117 Å². The standard InChI is InChI=1S/C43H84NO7P/c1-3-5-7-9-11-13-15-17-19-20-21-23-25-27-29-31-33-35-38-48-40-42(41-50-52(46,47)49-39-37-44)51-43(45)36-34-32-30-28-26-24-22-18-16-14-12-10-8-6-4-2/h14,16,35,38,42H,3-13,15,17-34,36-37,39-41,44H2,1-2H3,(H,46,47)/b16-14+,38-35+/t42-/m1/s1. The molecule has 0 heterocycles. The van der Waals surface area contributed by atoms with Crippen LogP contribution >= 0.6 is 7.82 Å². The van der Waals surface area contributed by atoms with Crippen molar-refractivity contribution in [2.45, 2.75) is 219 Å². The van der Waals surface area contributed by atoms with Gasteiger partial charge >= 0.3 is 13.8 Å². The molecule has 0 aliphatic heterocycles. The van der Waals surface area contributed by atoms with Crippen molar-refractivity contribution in [2.24, 2.45) is 5.73 Å². The largest absolute Gasteiger partial charge is 0.498 e. The Hall–Kier alpha value is -1.18. The van der Waals surface area contributed by atoms with Crippen LogP contribution in [0.1, 0.15) is 213 Å². The van der Waals surface area contributed by atoms with Crippen LogP contribution < -0.4 is 5.73 Å². The lowest BCUT2D eigenvalue weighted by Gasteiger charge is -2.19. The fourth-order valence-electron chi connectivity index (χ4n) is 6.19. The SMILES string of the molecule is CCCCCC/C=C/CCCCCCCCCC(=O)O[C@H](CO/C=C/CCCCCCCCCCCCCCCCCC)COP(=O)(O)OCCN. The molecule has 1 unspecified atom stereocenters. The summed E-state index contributed by atoms with van der Waals surface area (Å²) < 4.78 is 33.2. The van der Waals surface area contributed by atoms with Crippen LogP contribution in [-0.4, -0.2) is 43.3 Å².